The number of allylic oxidation sites excluding steroid dienone is 2. The first-order valence-corrected chi connectivity index (χ1v) is 6.80. The van der Waals surface area contributed by atoms with E-state index in [2.05, 4.69) is 4.98 Å². The summed E-state index contributed by atoms with van der Waals surface area (Å²) in [5.74, 6) is -0.519. The monoisotopic (exact) mass is 278 g/mol. The molecule has 20 heavy (non-hydrogen) atoms. The Morgan fingerprint density at radius 1 is 1.30 bits per heavy atom. The van der Waals surface area contributed by atoms with Crippen LogP contribution in [0.25, 0.3) is 5.57 Å². The van der Waals surface area contributed by atoms with Gasteiger partial charge in [0.15, 0.2) is 11.6 Å². The Labute approximate surface area is 116 Å². The van der Waals surface area contributed by atoms with Crippen LogP contribution in [0.15, 0.2) is 29.7 Å². The van der Waals surface area contributed by atoms with E-state index in [0.29, 0.717) is 29.8 Å². The summed E-state index contributed by atoms with van der Waals surface area (Å²) in [4.78, 5) is 5.99. The molecule has 0 radical (unpaired) electrons. The second-order valence-corrected chi connectivity index (χ2v) is 5.09. The van der Waals surface area contributed by atoms with Crippen LogP contribution in [0.2, 0.25) is 0 Å². The number of hydrogen-bond acceptors (Lipinski definition) is 3. The third-order valence-electron chi connectivity index (χ3n) is 3.83. The summed E-state index contributed by atoms with van der Waals surface area (Å²) < 4.78 is 28.2. The lowest BCUT2D eigenvalue weighted by molar-refractivity contribution is 0.327. The minimum absolute atomic E-state index is 0.276. The zero-order chi connectivity index (χ0) is 14.1. The Morgan fingerprint density at radius 3 is 2.70 bits per heavy atom. The van der Waals surface area contributed by atoms with Gasteiger partial charge in [-0.3, -0.25) is 0 Å². The van der Waals surface area contributed by atoms with Crippen molar-refractivity contribution in [2.45, 2.75) is 19.3 Å². The SMILES string of the molecule is OCC1=CCCC(c2cnc(N3CCC3)c(F)c2)=C1F. The molecule has 1 fully saturated rings. The van der Waals surface area contributed by atoms with E-state index in [0.717, 1.165) is 19.5 Å². The Morgan fingerprint density at radius 2 is 2.10 bits per heavy atom. The molecule has 106 valence electrons. The van der Waals surface area contributed by atoms with Crippen LogP contribution in [0.5, 0.6) is 0 Å². The Bertz CT molecular complexity index is 592. The molecular formula is C15H16F2N2O. The van der Waals surface area contributed by atoms with E-state index >= 15 is 0 Å². The highest BCUT2D eigenvalue weighted by Crippen LogP contribution is 2.34. The highest BCUT2D eigenvalue weighted by Gasteiger charge is 2.22. The van der Waals surface area contributed by atoms with Crippen molar-refractivity contribution in [2.75, 3.05) is 24.6 Å². The van der Waals surface area contributed by atoms with Gasteiger partial charge in [-0.25, -0.2) is 13.8 Å². The molecule has 2 aliphatic rings. The van der Waals surface area contributed by atoms with Gasteiger partial charge in [0.1, 0.15) is 5.83 Å². The van der Waals surface area contributed by atoms with Crippen LogP contribution >= 0.6 is 0 Å². The van der Waals surface area contributed by atoms with Crippen molar-refractivity contribution < 1.29 is 13.9 Å². The maximum absolute atomic E-state index is 14.2. The summed E-state index contributed by atoms with van der Waals surface area (Å²) in [5.41, 5.74) is 1.17. The zero-order valence-corrected chi connectivity index (χ0v) is 11.1. The first-order valence-electron chi connectivity index (χ1n) is 6.80. The summed E-state index contributed by atoms with van der Waals surface area (Å²) in [5, 5.41) is 9.10. The van der Waals surface area contributed by atoms with Gasteiger partial charge >= 0.3 is 0 Å². The van der Waals surface area contributed by atoms with Gasteiger partial charge in [-0.05, 0) is 30.9 Å². The van der Waals surface area contributed by atoms with Crippen LogP contribution in [0.3, 0.4) is 0 Å². The maximum Gasteiger partial charge on any atom is 0.166 e. The summed E-state index contributed by atoms with van der Waals surface area (Å²) in [6.45, 7) is 1.30. The molecule has 3 rings (SSSR count). The third kappa shape index (κ3) is 2.22. The average Bonchev–Trinajstić information content (AvgIpc) is 2.39. The molecule has 5 heteroatoms. The van der Waals surface area contributed by atoms with Gasteiger partial charge in [0.2, 0.25) is 0 Å². The number of aromatic nitrogens is 1. The predicted molar refractivity (Wildman–Crippen MR) is 73.5 cm³/mol. The van der Waals surface area contributed by atoms with E-state index in [9.17, 15) is 8.78 Å². The van der Waals surface area contributed by atoms with Crippen molar-refractivity contribution in [1.82, 2.24) is 4.98 Å². The van der Waals surface area contributed by atoms with Gasteiger partial charge < -0.3 is 10.0 Å². The molecule has 0 unspecified atom stereocenters. The number of anilines is 1. The minimum Gasteiger partial charge on any atom is -0.392 e. The first kappa shape index (κ1) is 13.2. The quantitative estimate of drug-likeness (QED) is 0.923. The zero-order valence-electron chi connectivity index (χ0n) is 11.1. The van der Waals surface area contributed by atoms with Crippen LogP contribution in [0.1, 0.15) is 24.8 Å². The topological polar surface area (TPSA) is 36.4 Å². The minimum atomic E-state index is -0.448. The Hall–Kier alpha value is -1.75. The molecule has 1 aromatic heterocycles. The van der Waals surface area contributed by atoms with E-state index in [1.165, 1.54) is 12.3 Å². The second-order valence-electron chi connectivity index (χ2n) is 5.09. The van der Waals surface area contributed by atoms with E-state index in [-0.39, 0.29) is 12.2 Å². The van der Waals surface area contributed by atoms with Crippen LogP contribution in [0.4, 0.5) is 14.6 Å². The molecule has 2 heterocycles. The van der Waals surface area contributed by atoms with E-state index in [1.54, 1.807) is 6.08 Å². The normalized spacial score (nSPS) is 18.9. The largest absolute Gasteiger partial charge is 0.392 e. The van der Waals surface area contributed by atoms with Crippen LogP contribution in [-0.2, 0) is 0 Å². The maximum atomic E-state index is 14.2. The fourth-order valence-electron chi connectivity index (χ4n) is 2.55. The van der Waals surface area contributed by atoms with Gasteiger partial charge in [0.05, 0.1) is 6.61 Å². The first-order chi connectivity index (χ1) is 9.70. The molecule has 1 aliphatic heterocycles. The standard InChI is InChI=1S/C15H16F2N2O/c16-13-7-11(8-18-15(13)19-5-2-6-19)12-4-1-3-10(9-20)14(12)17/h3,7-8,20H,1-2,4-6,9H2. The lowest BCUT2D eigenvalue weighted by Crippen LogP contribution is -2.38. The molecule has 1 N–H and O–H groups in total. The molecule has 0 spiro atoms. The van der Waals surface area contributed by atoms with Crippen molar-refractivity contribution >= 4 is 11.4 Å². The van der Waals surface area contributed by atoms with Crippen LogP contribution in [0, 0.1) is 5.82 Å². The molecule has 0 saturated carbocycles. The number of aliphatic hydroxyl groups is 1. The summed E-state index contributed by atoms with van der Waals surface area (Å²) >= 11 is 0. The van der Waals surface area contributed by atoms with E-state index in [1.807, 2.05) is 4.90 Å². The number of nitrogens with zero attached hydrogens (tertiary/aromatic N) is 2. The van der Waals surface area contributed by atoms with E-state index < -0.39 is 11.6 Å². The molecule has 0 bridgehead atoms. The number of hydrogen-bond donors (Lipinski definition) is 1. The smallest absolute Gasteiger partial charge is 0.166 e. The van der Waals surface area contributed by atoms with Crippen molar-refractivity contribution in [3.8, 4) is 0 Å². The highest BCUT2D eigenvalue weighted by atomic mass is 19.1. The Kier molecular flexibility index (Phi) is 3.53. The predicted octanol–water partition coefficient (Wildman–Crippen LogP) is 2.82. The van der Waals surface area contributed by atoms with Crippen molar-refractivity contribution in [3.63, 3.8) is 0 Å². The van der Waals surface area contributed by atoms with Crippen molar-refractivity contribution in [1.29, 1.82) is 0 Å². The van der Waals surface area contributed by atoms with Gasteiger partial charge in [-0.1, -0.05) is 6.08 Å². The fraction of sp³-hybridized carbons (Fsp3) is 0.400. The molecular weight excluding hydrogens is 262 g/mol. The van der Waals surface area contributed by atoms with Crippen LogP contribution in [-0.4, -0.2) is 29.8 Å². The lowest BCUT2D eigenvalue weighted by Gasteiger charge is -2.32. The second kappa shape index (κ2) is 5.32. The fourth-order valence-corrected chi connectivity index (χ4v) is 2.55. The number of aliphatic hydroxyl groups excluding tert-OH is 1. The van der Waals surface area contributed by atoms with E-state index in [4.69, 9.17) is 5.11 Å². The molecule has 1 saturated heterocycles. The van der Waals surface area contributed by atoms with Crippen molar-refractivity contribution in [3.05, 3.63) is 41.1 Å². The molecule has 1 aliphatic carbocycles. The Balaban J connectivity index is 1.94. The van der Waals surface area contributed by atoms with Crippen molar-refractivity contribution in [2.24, 2.45) is 0 Å². The summed E-state index contributed by atoms with van der Waals surface area (Å²) in [6.07, 6.45) is 5.39. The summed E-state index contributed by atoms with van der Waals surface area (Å²) in [7, 11) is 0. The number of rotatable bonds is 3. The third-order valence-corrected chi connectivity index (χ3v) is 3.83. The number of pyridine rings is 1. The van der Waals surface area contributed by atoms with Gasteiger partial charge in [0.25, 0.3) is 0 Å². The van der Waals surface area contributed by atoms with Gasteiger partial charge in [0, 0.05) is 30.4 Å². The molecule has 1 aromatic rings. The van der Waals surface area contributed by atoms with Crippen LogP contribution < -0.4 is 4.90 Å². The number of halogens is 2. The van der Waals surface area contributed by atoms with Gasteiger partial charge in [-0.15, -0.1) is 0 Å². The summed E-state index contributed by atoms with van der Waals surface area (Å²) in [6, 6.07) is 1.34. The molecule has 0 atom stereocenters. The molecule has 0 aromatic carbocycles. The highest BCUT2D eigenvalue weighted by molar-refractivity contribution is 5.72. The lowest BCUT2D eigenvalue weighted by atomic mass is 9.93. The molecule has 3 nitrogen and oxygen atoms in total. The van der Waals surface area contributed by atoms with Gasteiger partial charge in [-0.2, -0.15) is 0 Å². The molecule has 0 amide bonds. The average molecular weight is 278 g/mol.